The molecule has 1 rings (SSSR count). The Morgan fingerprint density at radius 3 is 2.43 bits per heavy atom. The third kappa shape index (κ3) is 9.01. The van der Waals surface area contributed by atoms with Crippen molar-refractivity contribution >= 4 is 12.0 Å². The number of nitrogens with zero attached hydrogens (tertiary/aromatic N) is 1. The Morgan fingerprint density at radius 1 is 1.25 bits per heavy atom. The molecule has 0 heterocycles. The molecule has 0 saturated carbocycles. The molecular weight excluding hydrogens is 360 g/mol. The van der Waals surface area contributed by atoms with Gasteiger partial charge in [0.15, 0.2) is 0 Å². The smallest absolute Gasteiger partial charge is 0.407 e. The minimum absolute atomic E-state index is 0.0332. The number of alkyl carbamates (subject to hydrolysis) is 1. The number of ether oxygens (including phenoxy) is 2. The summed E-state index contributed by atoms with van der Waals surface area (Å²) in [6.07, 6.45) is 0.964. The third-order valence-electron chi connectivity index (χ3n) is 3.88. The molecule has 2 amide bonds. The van der Waals surface area contributed by atoms with Crippen LogP contribution in [0, 0.1) is 0 Å². The number of hydroxylamine groups is 2. The standard InChI is InChI=1S/C21H32N2O5/c1-7-13-27-18(15-19(24)23(5)26-6)17(14-16-11-9-8-10-12-16)22-20(25)28-21(2,3)4/h7-12,17-18H,1,13-15H2,2-6H3,(H,22,25)/t17-,18+/m1/s1. The SMILES string of the molecule is C=CCO[C@@H](CC(=O)N(C)OC)[C@@H](Cc1ccccc1)NC(=O)OC(C)(C)C. The van der Waals surface area contributed by atoms with Crippen LogP contribution >= 0.6 is 0 Å². The number of hydrogen-bond acceptors (Lipinski definition) is 5. The molecule has 0 aliphatic heterocycles. The molecule has 0 aliphatic carbocycles. The van der Waals surface area contributed by atoms with Gasteiger partial charge >= 0.3 is 6.09 Å². The molecule has 1 aromatic carbocycles. The fraction of sp³-hybridized carbons (Fsp3) is 0.524. The van der Waals surface area contributed by atoms with Crippen LogP contribution in [0.2, 0.25) is 0 Å². The average molecular weight is 392 g/mol. The summed E-state index contributed by atoms with van der Waals surface area (Å²) in [5, 5.41) is 4.00. The molecule has 0 fully saturated rings. The summed E-state index contributed by atoms with van der Waals surface area (Å²) in [5.41, 5.74) is 0.369. The second-order valence-corrected chi connectivity index (χ2v) is 7.38. The van der Waals surface area contributed by atoms with Gasteiger partial charge in [-0.15, -0.1) is 6.58 Å². The van der Waals surface area contributed by atoms with Crippen molar-refractivity contribution in [3.8, 4) is 0 Å². The van der Waals surface area contributed by atoms with Crippen molar-refractivity contribution < 1.29 is 23.9 Å². The fourth-order valence-corrected chi connectivity index (χ4v) is 2.51. The molecule has 0 saturated heterocycles. The van der Waals surface area contributed by atoms with Crippen molar-refractivity contribution in [2.75, 3.05) is 20.8 Å². The predicted molar refractivity (Wildman–Crippen MR) is 108 cm³/mol. The van der Waals surface area contributed by atoms with Crippen molar-refractivity contribution in [3.05, 3.63) is 48.6 Å². The van der Waals surface area contributed by atoms with E-state index in [0.717, 1.165) is 10.6 Å². The second kappa shape index (κ2) is 11.5. The predicted octanol–water partition coefficient (Wildman–Crippen LogP) is 3.10. The first-order chi connectivity index (χ1) is 13.2. The Morgan fingerprint density at radius 2 is 1.89 bits per heavy atom. The van der Waals surface area contributed by atoms with Crippen LogP contribution in [-0.2, 0) is 25.5 Å². The summed E-state index contributed by atoms with van der Waals surface area (Å²) in [6, 6.07) is 9.19. The fourth-order valence-electron chi connectivity index (χ4n) is 2.51. The van der Waals surface area contributed by atoms with Gasteiger partial charge in [0.2, 0.25) is 5.91 Å². The van der Waals surface area contributed by atoms with Crippen LogP contribution in [0.25, 0.3) is 0 Å². The lowest BCUT2D eigenvalue weighted by Gasteiger charge is -2.30. The molecule has 0 unspecified atom stereocenters. The number of nitrogens with one attached hydrogen (secondary N) is 1. The van der Waals surface area contributed by atoms with Gasteiger partial charge in [0.1, 0.15) is 5.60 Å². The van der Waals surface area contributed by atoms with Gasteiger partial charge in [-0.05, 0) is 32.8 Å². The van der Waals surface area contributed by atoms with Crippen molar-refractivity contribution in [1.29, 1.82) is 0 Å². The quantitative estimate of drug-likeness (QED) is 0.489. The Hall–Kier alpha value is -2.38. The number of hydrogen-bond donors (Lipinski definition) is 1. The van der Waals surface area contributed by atoms with E-state index in [0.29, 0.717) is 6.42 Å². The molecule has 0 aliphatic rings. The van der Waals surface area contributed by atoms with Gasteiger partial charge in [-0.3, -0.25) is 9.63 Å². The van der Waals surface area contributed by atoms with Crippen LogP contribution < -0.4 is 5.32 Å². The van der Waals surface area contributed by atoms with E-state index in [9.17, 15) is 9.59 Å². The zero-order valence-electron chi connectivity index (χ0n) is 17.4. The highest BCUT2D eigenvalue weighted by Gasteiger charge is 2.29. The lowest BCUT2D eigenvalue weighted by atomic mass is 9.98. The molecule has 2 atom stereocenters. The lowest BCUT2D eigenvalue weighted by Crippen LogP contribution is -2.49. The number of rotatable bonds is 10. The van der Waals surface area contributed by atoms with Crippen molar-refractivity contribution in [1.82, 2.24) is 10.4 Å². The van der Waals surface area contributed by atoms with Gasteiger partial charge in [0, 0.05) is 7.05 Å². The van der Waals surface area contributed by atoms with E-state index in [4.69, 9.17) is 14.3 Å². The van der Waals surface area contributed by atoms with E-state index < -0.39 is 23.8 Å². The van der Waals surface area contributed by atoms with Gasteiger partial charge in [-0.2, -0.15) is 0 Å². The van der Waals surface area contributed by atoms with Crippen LogP contribution in [0.5, 0.6) is 0 Å². The van der Waals surface area contributed by atoms with Crippen LogP contribution in [-0.4, -0.2) is 55.6 Å². The molecule has 0 aromatic heterocycles. The lowest BCUT2D eigenvalue weighted by molar-refractivity contribution is -0.171. The van der Waals surface area contributed by atoms with Crippen LogP contribution in [0.1, 0.15) is 32.8 Å². The Kier molecular flexibility index (Phi) is 9.68. The van der Waals surface area contributed by atoms with Crippen molar-refractivity contribution in [2.45, 2.75) is 51.4 Å². The van der Waals surface area contributed by atoms with Gasteiger partial charge in [0.25, 0.3) is 0 Å². The number of benzene rings is 1. The molecule has 1 N–H and O–H groups in total. The number of carbonyl (C=O) groups excluding carboxylic acids is 2. The third-order valence-corrected chi connectivity index (χ3v) is 3.88. The summed E-state index contributed by atoms with van der Waals surface area (Å²) in [4.78, 5) is 29.7. The maximum absolute atomic E-state index is 12.4. The van der Waals surface area contributed by atoms with Crippen LogP contribution in [0.4, 0.5) is 4.79 Å². The number of amides is 2. The van der Waals surface area contributed by atoms with E-state index >= 15 is 0 Å². The first kappa shape index (κ1) is 23.7. The van der Waals surface area contributed by atoms with Gasteiger partial charge < -0.3 is 14.8 Å². The zero-order chi connectivity index (χ0) is 21.2. The molecule has 0 radical (unpaired) electrons. The number of carbonyl (C=O) groups is 2. The van der Waals surface area contributed by atoms with E-state index in [1.807, 2.05) is 30.3 Å². The first-order valence-corrected chi connectivity index (χ1v) is 9.23. The second-order valence-electron chi connectivity index (χ2n) is 7.38. The van der Waals surface area contributed by atoms with E-state index in [1.165, 1.54) is 14.2 Å². The topological polar surface area (TPSA) is 77.1 Å². The Labute approximate surface area is 167 Å². The van der Waals surface area contributed by atoms with E-state index in [2.05, 4.69) is 11.9 Å². The molecule has 0 bridgehead atoms. The summed E-state index contributed by atoms with van der Waals surface area (Å²) >= 11 is 0. The van der Waals surface area contributed by atoms with E-state index in [1.54, 1.807) is 26.8 Å². The molecule has 156 valence electrons. The summed E-state index contributed by atoms with van der Waals surface area (Å²) < 4.78 is 11.2. The molecule has 28 heavy (non-hydrogen) atoms. The molecule has 0 spiro atoms. The first-order valence-electron chi connectivity index (χ1n) is 9.23. The van der Waals surface area contributed by atoms with Gasteiger partial charge in [-0.1, -0.05) is 36.4 Å². The van der Waals surface area contributed by atoms with Gasteiger partial charge in [-0.25, -0.2) is 9.86 Å². The molecule has 7 heteroatoms. The highest BCUT2D eigenvalue weighted by Crippen LogP contribution is 2.15. The van der Waals surface area contributed by atoms with Crippen molar-refractivity contribution in [3.63, 3.8) is 0 Å². The largest absolute Gasteiger partial charge is 0.444 e. The average Bonchev–Trinajstić information content (AvgIpc) is 2.63. The molecule has 1 aromatic rings. The normalized spacial score (nSPS) is 13.3. The highest BCUT2D eigenvalue weighted by molar-refractivity contribution is 5.75. The monoisotopic (exact) mass is 392 g/mol. The minimum atomic E-state index is -0.634. The Balaban J connectivity index is 3.04. The summed E-state index contributed by atoms with van der Waals surface area (Å²) in [6.45, 7) is 9.28. The summed E-state index contributed by atoms with van der Waals surface area (Å²) in [7, 11) is 2.94. The van der Waals surface area contributed by atoms with Crippen LogP contribution in [0.3, 0.4) is 0 Å². The minimum Gasteiger partial charge on any atom is -0.444 e. The maximum Gasteiger partial charge on any atom is 0.407 e. The summed E-state index contributed by atoms with van der Waals surface area (Å²) in [5.74, 6) is -0.263. The van der Waals surface area contributed by atoms with Crippen LogP contribution in [0.15, 0.2) is 43.0 Å². The van der Waals surface area contributed by atoms with Crippen molar-refractivity contribution in [2.24, 2.45) is 0 Å². The zero-order valence-corrected chi connectivity index (χ0v) is 17.4. The molecule has 7 nitrogen and oxygen atoms in total. The molecular formula is C21H32N2O5. The van der Waals surface area contributed by atoms with E-state index in [-0.39, 0.29) is 18.9 Å². The highest BCUT2D eigenvalue weighted by atomic mass is 16.7. The van der Waals surface area contributed by atoms with Gasteiger partial charge in [0.05, 0.1) is 32.3 Å². The maximum atomic E-state index is 12.4. The Bertz CT molecular complexity index is 627.